The largest absolute Gasteiger partial charge is 0.478 e. The first-order valence-corrected chi connectivity index (χ1v) is 3.59. The summed E-state index contributed by atoms with van der Waals surface area (Å²) >= 11 is 0. The number of rotatable bonds is 2. The molecule has 0 saturated carbocycles. The van der Waals surface area contributed by atoms with Crippen molar-refractivity contribution in [3.05, 3.63) is 29.3 Å². The molecule has 0 spiro atoms. The number of benzene rings is 1. The summed E-state index contributed by atoms with van der Waals surface area (Å²) in [5, 5.41) is 17.2. The third-order valence-corrected chi connectivity index (χ3v) is 1.70. The van der Waals surface area contributed by atoms with Crippen molar-refractivity contribution in [2.24, 2.45) is 0 Å². The van der Waals surface area contributed by atoms with Gasteiger partial charge in [0, 0.05) is 0 Å². The van der Waals surface area contributed by atoms with Crippen molar-refractivity contribution in [3.63, 3.8) is 0 Å². The Kier molecular flexibility index (Phi) is 2.37. The maximum Gasteiger partial charge on any atom is 0.335 e. The molecule has 2 N–H and O–H groups in total. The Labute approximate surface area is 75.2 Å². The molecule has 1 aromatic carbocycles. The van der Waals surface area contributed by atoms with Crippen LogP contribution in [0.15, 0.2) is 18.2 Å². The molecule has 0 aromatic heterocycles. The fourth-order valence-electron chi connectivity index (χ4n) is 1.04. The van der Waals surface area contributed by atoms with Crippen LogP contribution in [0.1, 0.15) is 20.7 Å². The van der Waals surface area contributed by atoms with Gasteiger partial charge in [0.25, 0.3) is 0 Å². The van der Waals surface area contributed by atoms with E-state index in [4.69, 9.17) is 10.2 Å². The Morgan fingerprint density at radius 3 is 2.15 bits per heavy atom. The lowest BCUT2D eigenvalue weighted by Crippen LogP contribution is -2.17. The van der Waals surface area contributed by atoms with Crippen LogP contribution in [-0.2, 0) is 0 Å². The minimum absolute atomic E-state index is 0.0995. The Morgan fingerprint density at radius 2 is 1.77 bits per heavy atom. The van der Waals surface area contributed by atoms with Gasteiger partial charge in [-0.3, -0.25) is 0 Å². The van der Waals surface area contributed by atoms with Crippen LogP contribution < -0.4 is 5.46 Å². The third kappa shape index (κ3) is 1.87. The highest BCUT2D eigenvalue weighted by Crippen LogP contribution is 2.01. The summed E-state index contributed by atoms with van der Waals surface area (Å²) in [4.78, 5) is 21.0. The second-order valence-corrected chi connectivity index (χ2v) is 2.64. The van der Waals surface area contributed by atoms with Crippen LogP contribution in [0.3, 0.4) is 0 Å². The number of hydrogen-bond acceptors (Lipinski definition) is 2. The summed E-state index contributed by atoms with van der Waals surface area (Å²) < 4.78 is 0. The van der Waals surface area contributed by atoms with E-state index in [1.807, 2.05) is 0 Å². The molecule has 0 unspecified atom stereocenters. The van der Waals surface area contributed by atoms with E-state index in [0.717, 1.165) is 0 Å². The number of carbonyl (C=O) groups is 2. The van der Waals surface area contributed by atoms with Crippen molar-refractivity contribution in [1.29, 1.82) is 0 Å². The standard InChI is InChI=1S/C8H7BO4/c9-6-3-4(7(10)11)1-2-5(6)8(12)13/h1-3H,9H2,(H,10,11)(H,12,13). The summed E-state index contributed by atoms with van der Waals surface area (Å²) in [5.41, 5.74) is 0.680. The Morgan fingerprint density at radius 1 is 1.15 bits per heavy atom. The lowest BCUT2D eigenvalue weighted by atomic mass is 9.89. The molecule has 4 nitrogen and oxygen atoms in total. The number of carboxylic acids is 2. The molecular formula is C8H7BO4. The quantitative estimate of drug-likeness (QED) is 0.589. The molecule has 0 fully saturated rings. The molecule has 0 aliphatic heterocycles. The van der Waals surface area contributed by atoms with Crippen LogP contribution in [-0.4, -0.2) is 30.0 Å². The molecular weight excluding hydrogens is 171 g/mol. The number of aromatic carboxylic acids is 2. The molecule has 0 atom stereocenters. The van der Waals surface area contributed by atoms with Gasteiger partial charge in [0.1, 0.15) is 7.85 Å². The molecule has 0 saturated heterocycles. The van der Waals surface area contributed by atoms with Crippen molar-refractivity contribution in [3.8, 4) is 0 Å². The third-order valence-electron chi connectivity index (χ3n) is 1.70. The van der Waals surface area contributed by atoms with Crippen LogP contribution >= 0.6 is 0 Å². The fourth-order valence-corrected chi connectivity index (χ4v) is 1.04. The zero-order valence-corrected chi connectivity index (χ0v) is 6.94. The summed E-state index contributed by atoms with van der Waals surface area (Å²) in [5.74, 6) is -2.10. The zero-order valence-electron chi connectivity index (χ0n) is 6.94. The Balaban J connectivity index is 3.20. The second kappa shape index (κ2) is 3.31. The lowest BCUT2D eigenvalue weighted by molar-refractivity contribution is 0.0682. The van der Waals surface area contributed by atoms with Gasteiger partial charge in [0.2, 0.25) is 0 Å². The molecule has 0 aliphatic carbocycles. The SMILES string of the molecule is Bc1cc(C(=O)O)ccc1C(=O)O. The molecule has 1 aromatic rings. The van der Waals surface area contributed by atoms with E-state index in [1.165, 1.54) is 18.2 Å². The highest BCUT2D eigenvalue weighted by atomic mass is 16.4. The molecule has 66 valence electrons. The molecule has 0 heterocycles. The molecule has 0 radical (unpaired) electrons. The summed E-state index contributed by atoms with van der Waals surface area (Å²) in [6, 6.07) is 3.91. The van der Waals surface area contributed by atoms with E-state index in [-0.39, 0.29) is 11.1 Å². The highest BCUT2D eigenvalue weighted by molar-refractivity contribution is 6.36. The molecule has 1 rings (SSSR count). The van der Waals surface area contributed by atoms with Crippen LogP contribution in [0.25, 0.3) is 0 Å². The van der Waals surface area contributed by atoms with Gasteiger partial charge in [-0.25, -0.2) is 9.59 Å². The maximum atomic E-state index is 10.6. The second-order valence-electron chi connectivity index (χ2n) is 2.64. The van der Waals surface area contributed by atoms with E-state index in [1.54, 1.807) is 7.85 Å². The average Bonchev–Trinajstić information content (AvgIpc) is 2.03. The van der Waals surface area contributed by atoms with Crippen molar-refractivity contribution in [2.45, 2.75) is 0 Å². The Hall–Kier alpha value is -1.78. The van der Waals surface area contributed by atoms with Crippen LogP contribution in [0.4, 0.5) is 0 Å². The van der Waals surface area contributed by atoms with E-state index in [9.17, 15) is 9.59 Å². The van der Waals surface area contributed by atoms with Crippen LogP contribution in [0.2, 0.25) is 0 Å². The molecule has 0 aliphatic rings. The van der Waals surface area contributed by atoms with Gasteiger partial charge in [0.15, 0.2) is 0 Å². The maximum absolute atomic E-state index is 10.6. The first kappa shape index (κ1) is 9.31. The predicted octanol–water partition coefficient (Wildman–Crippen LogP) is -0.659. The van der Waals surface area contributed by atoms with Gasteiger partial charge >= 0.3 is 11.9 Å². The van der Waals surface area contributed by atoms with Gasteiger partial charge in [-0.05, 0) is 12.1 Å². The van der Waals surface area contributed by atoms with E-state index >= 15 is 0 Å². The summed E-state index contributed by atoms with van der Waals surface area (Å²) in [7, 11) is 1.57. The Bertz CT molecular complexity index is 372. The van der Waals surface area contributed by atoms with Crippen LogP contribution in [0, 0.1) is 0 Å². The first-order chi connectivity index (χ1) is 6.02. The van der Waals surface area contributed by atoms with E-state index in [2.05, 4.69) is 0 Å². The molecule has 5 heteroatoms. The fraction of sp³-hybridized carbons (Fsp3) is 0. The van der Waals surface area contributed by atoms with Gasteiger partial charge in [-0.15, -0.1) is 0 Å². The monoisotopic (exact) mass is 178 g/mol. The lowest BCUT2D eigenvalue weighted by Gasteiger charge is -2.01. The van der Waals surface area contributed by atoms with Crippen molar-refractivity contribution >= 4 is 25.2 Å². The normalized spacial score (nSPS) is 9.54. The molecule has 0 amide bonds. The number of hydrogen-bond donors (Lipinski definition) is 2. The highest BCUT2D eigenvalue weighted by Gasteiger charge is 2.09. The first-order valence-electron chi connectivity index (χ1n) is 3.59. The van der Waals surface area contributed by atoms with Gasteiger partial charge in [-0.1, -0.05) is 11.5 Å². The van der Waals surface area contributed by atoms with Gasteiger partial charge in [0.05, 0.1) is 11.1 Å². The summed E-state index contributed by atoms with van der Waals surface area (Å²) in [6.07, 6.45) is 0. The summed E-state index contributed by atoms with van der Waals surface area (Å²) in [6.45, 7) is 0. The number of carboxylic acid groups (broad SMARTS) is 2. The molecule has 13 heavy (non-hydrogen) atoms. The van der Waals surface area contributed by atoms with Gasteiger partial charge in [-0.2, -0.15) is 0 Å². The smallest absolute Gasteiger partial charge is 0.335 e. The molecule has 0 bridgehead atoms. The minimum Gasteiger partial charge on any atom is -0.478 e. The predicted molar refractivity (Wildman–Crippen MR) is 48.5 cm³/mol. The van der Waals surface area contributed by atoms with E-state index < -0.39 is 11.9 Å². The van der Waals surface area contributed by atoms with Crippen molar-refractivity contribution in [1.82, 2.24) is 0 Å². The van der Waals surface area contributed by atoms with E-state index in [0.29, 0.717) is 5.46 Å². The zero-order chi connectivity index (χ0) is 10.0. The van der Waals surface area contributed by atoms with Gasteiger partial charge < -0.3 is 10.2 Å². The topological polar surface area (TPSA) is 74.6 Å². The average molecular weight is 178 g/mol. The van der Waals surface area contributed by atoms with Crippen molar-refractivity contribution < 1.29 is 19.8 Å². The van der Waals surface area contributed by atoms with Crippen LogP contribution in [0.5, 0.6) is 0 Å². The van der Waals surface area contributed by atoms with Crippen molar-refractivity contribution in [2.75, 3.05) is 0 Å². The minimum atomic E-state index is -1.06.